The molecule has 1 aromatic carbocycles. The Morgan fingerprint density at radius 3 is 2.67 bits per heavy atom. The Hall–Kier alpha value is -1.58. The Bertz CT molecular complexity index is 375. The molecule has 0 radical (unpaired) electrons. The summed E-state index contributed by atoms with van der Waals surface area (Å²) in [6, 6.07) is 3.09. The third-order valence-corrected chi connectivity index (χ3v) is 1.97. The zero-order chi connectivity index (χ0) is 11.4. The maximum absolute atomic E-state index is 12.5. The van der Waals surface area contributed by atoms with Crippen molar-refractivity contribution in [3.63, 3.8) is 0 Å². The maximum Gasteiger partial charge on any atom is 0.121 e. The number of hydrogen-bond donors (Lipinski definition) is 1. The predicted molar refractivity (Wildman–Crippen MR) is 59.5 cm³/mol. The molecule has 0 aliphatic heterocycles. The summed E-state index contributed by atoms with van der Waals surface area (Å²) in [4.78, 5) is 5.97. The number of phenols is 1. The molecule has 0 bridgehead atoms. The molecule has 3 nitrogen and oxygen atoms in total. The molecule has 1 aromatic rings. The van der Waals surface area contributed by atoms with Gasteiger partial charge in [-0.05, 0) is 24.6 Å². The summed E-state index contributed by atoms with van der Waals surface area (Å²) in [5, 5.41) is 9.39. The number of aromatic hydroxyl groups is 1. The van der Waals surface area contributed by atoms with Gasteiger partial charge in [0.05, 0.1) is 12.0 Å². The van der Waals surface area contributed by atoms with E-state index in [0.29, 0.717) is 5.69 Å². The predicted octanol–water partition coefficient (Wildman–Crippen LogP) is 2.39. The van der Waals surface area contributed by atoms with Crippen LogP contribution in [0.5, 0.6) is 5.75 Å². The van der Waals surface area contributed by atoms with E-state index in [1.54, 1.807) is 17.3 Å². The van der Waals surface area contributed by atoms with Crippen LogP contribution in [0.4, 0.5) is 10.1 Å². The van der Waals surface area contributed by atoms with E-state index in [2.05, 4.69) is 4.99 Å². The Labute approximate surface area is 88.9 Å². The fourth-order valence-electron chi connectivity index (χ4n) is 1.15. The highest BCUT2D eigenvalue weighted by molar-refractivity contribution is 5.64. The second-order valence-corrected chi connectivity index (χ2v) is 3.61. The number of rotatable bonds is 3. The topological polar surface area (TPSA) is 35.8 Å². The van der Waals surface area contributed by atoms with E-state index >= 15 is 0 Å². The van der Waals surface area contributed by atoms with E-state index in [1.165, 1.54) is 6.07 Å². The second kappa shape index (κ2) is 4.77. The highest BCUT2D eigenvalue weighted by atomic mass is 19.1. The minimum atomic E-state index is -0.684. The van der Waals surface area contributed by atoms with Crippen LogP contribution >= 0.6 is 0 Å². The molecule has 0 saturated heterocycles. The molecule has 82 valence electrons. The lowest BCUT2D eigenvalue weighted by atomic mass is 10.1. The van der Waals surface area contributed by atoms with Gasteiger partial charge in [0.2, 0.25) is 0 Å². The molecular weight excluding hydrogens is 195 g/mol. The summed E-state index contributed by atoms with van der Waals surface area (Å²) in [5.41, 5.74) is 1.77. The molecule has 0 aliphatic carbocycles. The second-order valence-electron chi connectivity index (χ2n) is 3.61. The van der Waals surface area contributed by atoms with Gasteiger partial charge in [0.1, 0.15) is 12.4 Å². The standard InChI is InChI=1S/C11H15FN2O/c1-8-4-11(15)9(6-12)5-10(8)13-7-14(2)3/h4-5,7,15H,6H2,1-3H3. The quantitative estimate of drug-likeness (QED) is 0.614. The molecule has 0 atom stereocenters. The number of aliphatic imine (C=N–C) groups is 1. The van der Waals surface area contributed by atoms with Crippen molar-refractivity contribution in [3.05, 3.63) is 23.3 Å². The van der Waals surface area contributed by atoms with Crippen molar-refractivity contribution >= 4 is 12.0 Å². The van der Waals surface area contributed by atoms with Gasteiger partial charge in [-0.15, -0.1) is 0 Å². The van der Waals surface area contributed by atoms with Crippen molar-refractivity contribution in [3.8, 4) is 5.75 Å². The van der Waals surface area contributed by atoms with Gasteiger partial charge in [0.25, 0.3) is 0 Å². The van der Waals surface area contributed by atoms with E-state index in [9.17, 15) is 9.50 Å². The first-order chi connectivity index (χ1) is 7.04. The van der Waals surface area contributed by atoms with Crippen LogP contribution in [-0.4, -0.2) is 30.4 Å². The molecule has 0 amide bonds. The molecule has 15 heavy (non-hydrogen) atoms. The summed E-state index contributed by atoms with van der Waals surface area (Å²) in [6.45, 7) is 1.14. The number of alkyl halides is 1. The van der Waals surface area contributed by atoms with Crippen LogP contribution in [-0.2, 0) is 6.67 Å². The average molecular weight is 210 g/mol. The molecule has 0 aromatic heterocycles. The molecule has 0 unspecified atom stereocenters. The summed E-state index contributed by atoms with van der Waals surface area (Å²) in [6.07, 6.45) is 1.64. The van der Waals surface area contributed by atoms with Gasteiger partial charge in [0, 0.05) is 19.7 Å². The minimum Gasteiger partial charge on any atom is -0.508 e. The normalized spacial score (nSPS) is 10.9. The number of benzene rings is 1. The van der Waals surface area contributed by atoms with E-state index < -0.39 is 6.67 Å². The maximum atomic E-state index is 12.5. The van der Waals surface area contributed by atoms with Gasteiger partial charge >= 0.3 is 0 Å². The van der Waals surface area contributed by atoms with Crippen molar-refractivity contribution in [2.45, 2.75) is 13.6 Å². The lowest BCUT2D eigenvalue weighted by Crippen LogP contribution is -2.07. The van der Waals surface area contributed by atoms with Crippen LogP contribution in [0.1, 0.15) is 11.1 Å². The zero-order valence-electron chi connectivity index (χ0n) is 9.16. The summed E-state index contributed by atoms with van der Waals surface area (Å²) >= 11 is 0. The van der Waals surface area contributed by atoms with E-state index in [0.717, 1.165) is 5.56 Å². The molecule has 1 N–H and O–H groups in total. The van der Waals surface area contributed by atoms with Gasteiger partial charge in [-0.1, -0.05) is 0 Å². The highest BCUT2D eigenvalue weighted by Gasteiger charge is 2.05. The first kappa shape index (κ1) is 11.5. The monoisotopic (exact) mass is 210 g/mol. The van der Waals surface area contributed by atoms with Crippen molar-refractivity contribution in [2.75, 3.05) is 14.1 Å². The van der Waals surface area contributed by atoms with E-state index in [1.807, 2.05) is 21.0 Å². The lowest BCUT2D eigenvalue weighted by Gasteiger charge is -2.07. The fourth-order valence-corrected chi connectivity index (χ4v) is 1.15. The van der Waals surface area contributed by atoms with E-state index in [4.69, 9.17) is 0 Å². The van der Waals surface area contributed by atoms with Gasteiger partial charge < -0.3 is 10.0 Å². The highest BCUT2D eigenvalue weighted by Crippen LogP contribution is 2.28. The molecule has 1 rings (SSSR count). The van der Waals surface area contributed by atoms with Crippen LogP contribution in [0.25, 0.3) is 0 Å². The fraction of sp³-hybridized carbons (Fsp3) is 0.364. The average Bonchev–Trinajstić information content (AvgIpc) is 2.16. The van der Waals surface area contributed by atoms with Crippen molar-refractivity contribution in [2.24, 2.45) is 4.99 Å². The number of halogens is 1. The number of nitrogens with zero attached hydrogens (tertiary/aromatic N) is 2. The van der Waals surface area contributed by atoms with Crippen molar-refractivity contribution in [1.29, 1.82) is 0 Å². The van der Waals surface area contributed by atoms with Crippen molar-refractivity contribution in [1.82, 2.24) is 4.90 Å². The molecule has 0 spiro atoms. The number of aryl methyl sites for hydroxylation is 1. The summed E-state index contributed by atoms with van der Waals surface area (Å²) < 4.78 is 12.5. The van der Waals surface area contributed by atoms with Crippen LogP contribution in [0.15, 0.2) is 17.1 Å². The molecular formula is C11H15FN2O. The van der Waals surface area contributed by atoms with Crippen molar-refractivity contribution < 1.29 is 9.50 Å². The third kappa shape index (κ3) is 2.94. The molecule has 0 fully saturated rings. The van der Waals surface area contributed by atoms with Crippen LogP contribution in [0.2, 0.25) is 0 Å². The zero-order valence-corrected chi connectivity index (χ0v) is 9.16. The summed E-state index contributed by atoms with van der Waals surface area (Å²) in [7, 11) is 3.71. The largest absolute Gasteiger partial charge is 0.508 e. The first-order valence-corrected chi connectivity index (χ1v) is 4.63. The molecule has 0 heterocycles. The third-order valence-electron chi connectivity index (χ3n) is 1.97. The Balaban J connectivity index is 3.07. The number of hydrogen-bond acceptors (Lipinski definition) is 2. The number of phenolic OH excluding ortho intramolecular Hbond substituents is 1. The molecule has 0 saturated carbocycles. The van der Waals surface area contributed by atoms with E-state index in [-0.39, 0.29) is 11.3 Å². The lowest BCUT2D eigenvalue weighted by molar-refractivity contribution is 0.432. The van der Waals surface area contributed by atoms with Gasteiger partial charge in [-0.25, -0.2) is 9.38 Å². The summed E-state index contributed by atoms with van der Waals surface area (Å²) in [5.74, 6) is -0.0150. The Morgan fingerprint density at radius 2 is 2.13 bits per heavy atom. The minimum absolute atomic E-state index is 0.0150. The van der Waals surface area contributed by atoms with Crippen LogP contribution < -0.4 is 0 Å². The first-order valence-electron chi connectivity index (χ1n) is 4.63. The molecule has 0 aliphatic rings. The van der Waals surface area contributed by atoms with Gasteiger partial charge in [0.15, 0.2) is 0 Å². The smallest absolute Gasteiger partial charge is 0.121 e. The Morgan fingerprint density at radius 1 is 1.47 bits per heavy atom. The van der Waals surface area contributed by atoms with Crippen LogP contribution in [0, 0.1) is 6.92 Å². The Kier molecular flexibility index (Phi) is 3.66. The van der Waals surface area contributed by atoms with Gasteiger partial charge in [-0.2, -0.15) is 0 Å². The SMILES string of the molecule is Cc1cc(O)c(CF)cc1N=CN(C)C. The molecule has 4 heteroatoms. The van der Waals surface area contributed by atoms with Crippen LogP contribution in [0.3, 0.4) is 0 Å². The van der Waals surface area contributed by atoms with Gasteiger partial charge in [-0.3, -0.25) is 0 Å².